The second-order valence-electron chi connectivity index (χ2n) is 29.2. The normalized spacial score (nSPS) is 41.8. The smallest absolute Gasteiger partial charge is 0.333 e. The number of ether oxygens (including phenoxy) is 10. The number of carbonyl (C=O) groups is 1. The molecule has 5 rings (SSSR count). The molecular formula is C73H128O20. The molecule has 2 fully saturated rings. The number of aliphatic hydroxyl groups excluding tert-OH is 9. The molecule has 0 radical (unpaired) electrons. The van der Waals surface area contributed by atoms with Crippen LogP contribution in [0.1, 0.15) is 198 Å². The monoisotopic (exact) mass is 1320 g/mol. The Kier molecular flexibility index (Phi) is 35.6. The Morgan fingerprint density at radius 3 is 1.44 bits per heavy atom. The van der Waals surface area contributed by atoms with Crippen LogP contribution in [0.4, 0.5) is 0 Å². The lowest BCUT2D eigenvalue weighted by atomic mass is 9.78. The molecule has 0 aromatic rings. The van der Waals surface area contributed by atoms with Gasteiger partial charge in [0.1, 0.15) is 6.10 Å². The van der Waals surface area contributed by atoms with Gasteiger partial charge in [-0.05, 0) is 141 Å². The highest BCUT2D eigenvalue weighted by Crippen LogP contribution is 2.37. The van der Waals surface area contributed by atoms with Crippen LogP contribution in [-0.4, -0.2) is 221 Å². The van der Waals surface area contributed by atoms with E-state index in [2.05, 4.69) is 0 Å². The molecule has 0 aromatic heterocycles. The lowest BCUT2D eigenvalue weighted by Crippen LogP contribution is -2.46. The molecule has 0 amide bonds. The molecule has 4 bridgehead atoms. The Hall–Kier alpha value is -2.29. The number of hydrogen-bond donors (Lipinski definition) is 9. The highest BCUT2D eigenvalue weighted by atomic mass is 16.6. The predicted octanol–water partition coefficient (Wildman–Crippen LogP) is 8.54. The summed E-state index contributed by atoms with van der Waals surface area (Å²) in [7, 11) is 6.57. The molecule has 93 heavy (non-hydrogen) atoms. The van der Waals surface area contributed by atoms with Crippen LogP contribution in [-0.2, 0) is 52.2 Å². The van der Waals surface area contributed by atoms with Crippen molar-refractivity contribution in [2.24, 2.45) is 41.4 Å². The van der Waals surface area contributed by atoms with E-state index in [4.69, 9.17) is 47.4 Å². The molecule has 5 aliphatic rings. The Labute approximate surface area is 558 Å². The van der Waals surface area contributed by atoms with Gasteiger partial charge in [-0.15, -0.1) is 0 Å². The number of cyclic esters (lactones) is 1. The number of esters is 1. The Morgan fingerprint density at radius 2 is 0.935 bits per heavy atom. The van der Waals surface area contributed by atoms with E-state index < -0.39 is 127 Å². The first-order chi connectivity index (χ1) is 44.0. The van der Waals surface area contributed by atoms with Crippen LogP contribution in [0.25, 0.3) is 0 Å². The maximum Gasteiger partial charge on any atom is 0.333 e. The first-order valence-electron chi connectivity index (χ1n) is 35.4. The quantitative estimate of drug-likeness (QED) is 0.0517. The topological polar surface area (TPSA) is 291 Å². The zero-order chi connectivity index (χ0) is 68.8. The third kappa shape index (κ3) is 26.4. The molecule has 540 valence electrons. The summed E-state index contributed by atoms with van der Waals surface area (Å²) in [6.45, 7) is 20.4. The van der Waals surface area contributed by atoms with Gasteiger partial charge < -0.3 is 93.3 Å². The Balaban J connectivity index is 1.36. The fourth-order valence-corrected chi connectivity index (χ4v) is 14.9. The first kappa shape index (κ1) is 81.4. The number of fused-ring (bicyclic) bond motifs is 4. The summed E-state index contributed by atoms with van der Waals surface area (Å²) < 4.78 is 61.6. The Morgan fingerprint density at radius 1 is 0.484 bits per heavy atom. The number of rotatable bonds is 16. The van der Waals surface area contributed by atoms with Gasteiger partial charge in [-0.25, -0.2) is 4.79 Å². The minimum Gasteiger partial charge on any atom is -0.458 e. The Bertz CT molecular complexity index is 2230. The van der Waals surface area contributed by atoms with Crippen molar-refractivity contribution in [2.75, 3.05) is 28.4 Å². The molecular weight excluding hydrogens is 1200 g/mol. The van der Waals surface area contributed by atoms with Gasteiger partial charge in [0.15, 0.2) is 6.29 Å². The first-order valence-corrected chi connectivity index (χ1v) is 35.4. The van der Waals surface area contributed by atoms with Crippen LogP contribution in [0, 0.1) is 41.4 Å². The van der Waals surface area contributed by atoms with Crippen LogP contribution < -0.4 is 0 Å². The van der Waals surface area contributed by atoms with Gasteiger partial charge in [-0.2, -0.15) is 0 Å². The molecule has 0 aromatic carbocycles. The molecule has 30 unspecified atom stereocenters. The van der Waals surface area contributed by atoms with E-state index in [1.165, 1.54) is 0 Å². The zero-order valence-electron chi connectivity index (χ0n) is 59.2. The second-order valence-corrected chi connectivity index (χ2v) is 29.2. The highest BCUT2D eigenvalue weighted by Gasteiger charge is 2.42. The predicted molar refractivity (Wildman–Crippen MR) is 356 cm³/mol. The molecule has 0 spiro atoms. The summed E-state index contributed by atoms with van der Waals surface area (Å²) >= 11 is 0. The number of aliphatic hydroxyl groups is 9. The molecule has 30 atom stereocenters. The molecule has 9 N–H and O–H groups in total. The van der Waals surface area contributed by atoms with Gasteiger partial charge in [0.25, 0.3) is 0 Å². The number of carbonyl (C=O) groups excluding carboxylic acids is 1. The summed E-state index contributed by atoms with van der Waals surface area (Å²) in [5, 5.41) is 106. The van der Waals surface area contributed by atoms with Crippen molar-refractivity contribution < 1.29 is 98.1 Å². The van der Waals surface area contributed by atoms with E-state index in [0.29, 0.717) is 56.9 Å². The third-order valence-corrected chi connectivity index (χ3v) is 21.4. The van der Waals surface area contributed by atoms with Gasteiger partial charge >= 0.3 is 5.97 Å². The van der Waals surface area contributed by atoms with Gasteiger partial charge in [-0.3, -0.25) is 0 Å². The van der Waals surface area contributed by atoms with E-state index >= 15 is 0 Å². The van der Waals surface area contributed by atoms with Gasteiger partial charge in [0.05, 0.1) is 128 Å². The number of methoxy groups -OCH3 is 4. The molecule has 20 heteroatoms. The maximum atomic E-state index is 14.2. The lowest BCUT2D eigenvalue weighted by Gasteiger charge is -2.39. The lowest BCUT2D eigenvalue weighted by molar-refractivity contribution is -0.175. The summed E-state index contributed by atoms with van der Waals surface area (Å²) in [5.74, 6) is -4.25. The van der Waals surface area contributed by atoms with Crippen LogP contribution in [0.5, 0.6) is 0 Å². The van der Waals surface area contributed by atoms with Crippen molar-refractivity contribution >= 4 is 5.97 Å². The van der Waals surface area contributed by atoms with Crippen molar-refractivity contribution in [3.05, 3.63) is 47.6 Å². The summed E-state index contributed by atoms with van der Waals surface area (Å²) in [4.78, 5) is 14.2. The maximum absolute atomic E-state index is 14.2. The second kappa shape index (κ2) is 40.7. The van der Waals surface area contributed by atoms with Gasteiger partial charge in [0, 0.05) is 89.3 Å². The van der Waals surface area contributed by atoms with E-state index in [1.807, 2.05) is 72.8 Å². The summed E-state index contributed by atoms with van der Waals surface area (Å²) in [6, 6.07) is 0. The molecule has 0 aliphatic carbocycles. The van der Waals surface area contributed by atoms with Crippen LogP contribution >= 0.6 is 0 Å². The molecule has 5 aliphatic heterocycles. The van der Waals surface area contributed by atoms with Crippen LogP contribution in [0.15, 0.2) is 47.6 Å². The minimum atomic E-state index is -1.46. The van der Waals surface area contributed by atoms with Gasteiger partial charge in [-0.1, -0.05) is 84.9 Å². The van der Waals surface area contributed by atoms with E-state index in [-0.39, 0.29) is 111 Å². The van der Waals surface area contributed by atoms with Crippen LogP contribution in [0.3, 0.4) is 0 Å². The average molecular weight is 1330 g/mol. The molecule has 2 saturated heterocycles. The largest absolute Gasteiger partial charge is 0.458 e. The van der Waals surface area contributed by atoms with Crippen molar-refractivity contribution in [1.29, 1.82) is 0 Å². The van der Waals surface area contributed by atoms with E-state index in [9.17, 15) is 50.8 Å². The van der Waals surface area contributed by atoms with Crippen LogP contribution in [0.2, 0.25) is 0 Å². The summed E-state index contributed by atoms with van der Waals surface area (Å²) in [5.41, 5.74) is 0.670. The standard InChI is InChI=1S/C73H128O20/c1-41(24-28-59-37-61(84-12)30-45(5)88-59)68(80)50(10)70-48(8)64(77)35-54(76)34-63(86-14)36-57-20-16-18-55(90-57)32-52(74)26-22-44(4)73(83)93-71(51(11)69(81)42(2)25-29-60-38-62(85-13)31-46(6)89-60)49(9)66(79)40-65(78)47(7)67(87-15)39-58-21-17-19-56(91-58)33-53(75)27-23-43(3)72(82)92-70/h16-19,22-23,41-42,45-72,74-82H,20-21,24-40H2,1-15H3/b43-23+,44-22+. The third-order valence-electron chi connectivity index (χ3n) is 21.4. The van der Waals surface area contributed by atoms with Crippen molar-refractivity contribution in [3.63, 3.8) is 0 Å². The van der Waals surface area contributed by atoms with E-state index in [1.54, 1.807) is 68.3 Å². The fourth-order valence-electron chi connectivity index (χ4n) is 14.9. The van der Waals surface area contributed by atoms with E-state index in [0.717, 1.165) is 25.7 Å². The molecule has 20 nitrogen and oxygen atoms in total. The zero-order valence-corrected chi connectivity index (χ0v) is 59.2. The SMILES string of the molecule is COC1CC(C)OC(CCC(C)C(O)C(C)C2OC(=O)/C(C)=C/CC(O)CC3C=CCC(CC(OC)CC(O)CC(O)C(C)C(C(C)C(O)C(C)CCC4CC(OC)CC(C)O4)OC(O)/C(C)=C/CC(O)CC4C=CCC(CC(OC)C(C)C(O)CC(O)C2C)O4)O3)C1. The van der Waals surface area contributed by atoms with Gasteiger partial charge in [0.2, 0.25) is 0 Å². The minimum absolute atomic E-state index is 0.0192. The highest BCUT2D eigenvalue weighted by molar-refractivity contribution is 5.87. The average Bonchev–Trinajstić information content (AvgIpc) is 1.27. The summed E-state index contributed by atoms with van der Waals surface area (Å²) in [6.07, 6.45) is 6.19. The van der Waals surface area contributed by atoms with Crippen molar-refractivity contribution in [2.45, 2.75) is 339 Å². The number of hydrogen-bond acceptors (Lipinski definition) is 20. The van der Waals surface area contributed by atoms with Crippen molar-refractivity contribution in [1.82, 2.24) is 0 Å². The van der Waals surface area contributed by atoms with Crippen molar-refractivity contribution in [3.8, 4) is 0 Å². The fraction of sp³-hybridized carbons (Fsp3) is 0.877. The molecule has 0 saturated carbocycles. The molecule has 5 heterocycles.